The molecule has 5 nitrogen and oxygen atoms in total. The molecular weight excluding hydrogens is 418 g/mol. The Labute approximate surface area is 170 Å². The third kappa shape index (κ3) is 3.28. The van der Waals surface area contributed by atoms with Crippen LogP contribution in [0.1, 0.15) is 15.4 Å². The van der Waals surface area contributed by atoms with Gasteiger partial charge in [-0.2, -0.15) is 0 Å². The number of benzene rings is 2. The van der Waals surface area contributed by atoms with E-state index in [1.54, 1.807) is 60.0 Å². The zero-order chi connectivity index (χ0) is 19.7. The molecule has 2 heterocycles. The quantitative estimate of drug-likeness (QED) is 0.411. The first-order valence-corrected chi connectivity index (χ1v) is 10.9. The van der Waals surface area contributed by atoms with Crippen molar-refractivity contribution in [2.45, 2.75) is 9.79 Å². The lowest BCUT2D eigenvalue weighted by atomic mass is 10.1. The average molecular weight is 430 g/mol. The van der Waals surface area contributed by atoms with Crippen LogP contribution in [0.25, 0.3) is 11.3 Å². The summed E-state index contributed by atoms with van der Waals surface area (Å²) in [5.74, 6) is -0.506. The minimum atomic E-state index is -4.06. The maximum absolute atomic E-state index is 13.4. The highest BCUT2D eigenvalue weighted by Gasteiger charge is 2.34. The second-order valence-electron chi connectivity index (χ2n) is 5.82. The molecule has 2 aromatic carbocycles. The van der Waals surface area contributed by atoms with E-state index in [9.17, 15) is 13.2 Å². The van der Waals surface area contributed by atoms with E-state index in [0.29, 0.717) is 15.5 Å². The summed E-state index contributed by atoms with van der Waals surface area (Å²) in [6.45, 7) is 0. The smallest absolute Gasteiger partial charge is 0.226 e. The molecule has 0 amide bonds. The normalized spacial score (nSPS) is 11.5. The number of rotatable bonds is 5. The fourth-order valence-corrected chi connectivity index (χ4v) is 5.03. The molecule has 0 N–H and O–H groups in total. The second-order valence-corrected chi connectivity index (χ2v) is 9.09. The van der Waals surface area contributed by atoms with Crippen molar-refractivity contribution in [3.8, 4) is 11.3 Å². The molecule has 140 valence electrons. The number of carbonyl (C=O) groups is 1. The largest absolute Gasteiger partial charge is 0.354 e. The summed E-state index contributed by atoms with van der Waals surface area (Å²) in [6, 6.07) is 17.7. The highest BCUT2D eigenvalue weighted by molar-refractivity contribution is 7.91. The van der Waals surface area contributed by atoms with E-state index in [2.05, 4.69) is 5.16 Å². The van der Waals surface area contributed by atoms with Gasteiger partial charge in [-0.15, -0.1) is 11.3 Å². The van der Waals surface area contributed by atoms with Crippen molar-refractivity contribution in [2.24, 2.45) is 0 Å². The zero-order valence-electron chi connectivity index (χ0n) is 14.2. The molecule has 28 heavy (non-hydrogen) atoms. The molecule has 8 heteroatoms. The van der Waals surface area contributed by atoms with E-state index in [-0.39, 0.29) is 21.2 Å². The van der Waals surface area contributed by atoms with Crippen molar-refractivity contribution < 1.29 is 17.7 Å². The maximum atomic E-state index is 13.4. The second kappa shape index (κ2) is 7.35. The third-order valence-electron chi connectivity index (χ3n) is 4.04. The van der Waals surface area contributed by atoms with Crippen LogP contribution in [0.3, 0.4) is 0 Å². The van der Waals surface area contributed by atoms with Crippen molar-refractivity contribution in [3.05, 3.63) is 87.7 Å². The van der Waals surface area contributed by atoms with Crippen LogP contribution in [0.4, 0.5) is 0 Å². The standard InChI is InChI=1S/C20H12ClNO4S2/c21-14-10-8-13(9-11-14)19-20(28(24,25)15-5-2-1-3-6-15)17(22-26-19)18(23)16-7-4-12-27-16/h1-12H. The molecule has 0 spiro atoms. The Morgan fingerprint density at radius 2 is 1.68 bits per heavy atom. The fourth-order valence-electron chi connectivity index (χ4n) is 2.70. The number of nitrogens with zero attached hydrogens (tertiary/aromatic N) is 1. The first kappa shape index (κ1) is 18.6. The van der Waals surface area contributed by atoms with E-state index in [0.717, 1.165) is 0 Å². The van der Waals surface area contributed by atoms with Crippen LogP contribution in [-0.2, 0) is 9.84 Å². The van der Waals surface area contributed by atoms with Crippen LogP contribution in [0, 0.1) is 0 Å². The molecule has 0 radical (unpaired) electrons. The molecule has 0 atom stereocenters. The lowest BCUT2D eigenvalue weighted by Gasteiger charge is -2.06. The molecule has 0 unspecified atom stereocenters. The molecule has 0 aliphatic rings. The summed E-state index contributed by atoms with van der Waals surface area (Å²) in [5, 5.41) is 6.06. The van der Waals surface area contributed by atoms with Crippen molar-refractivity contribution in [1.82, 2.24) is 5.16 Å². The van der Waals surface area contributed by atoms with E-state index in [1.807, 2.05) is 0 Å². The lowest BCUT2D eigenvalue weighted by molar-refractivity contribution is 0.103. The monoisotopic (exact) mass is 429 g/mol. The first-order chi connectivity index (χ1) is 13.5. The molecular formula is C20H12ClNO4S2. The van der Waals surface area contributed by atoms with Crippen LogP contribution >= 0.6 is 22.9 Å². The molecule has 0 saturated heterocycles. The van der Waals surface area contributed by atoms with Gasteiger partial charge in [-0.05, 0) is 47.8 Å². The molecule has 2 aromatic heterocycles. The summed E-state index contributed by atoms with van der Waals surface area (Å²) in [7, 11) is -4.06. The SMILES string of the molecule is O=C(c1cccs1)c1noc(-c2ccc(Cl)cc2)c1S(=O)(=O)c1ccccc1. The van der Waals surface area contributed by atoms with Crippen LogP contribution in [0.5, 0.6) is 0 Å². The van der Waals surface area contributed by atoms with Crippen LogP contribution in [0.2, 0.25) is 5.02 Å². The highest BCUT2D eigenvalue weighted by Crippen LogP contribution is 2.36. The lowest BCUT2D eigenvalue weighted by Crippen LogP contribution is -2.10. The number of sulfone groups is 1. The van der Waals surface area contributed by atoms with Gasteiger partial charge in [0.15, 0.2) is 16.3 Å². The molecule has 0 saturated carbocycles. The summed E-state index contributed by atoms with van der Waals surface area (Å²) in [4.78, 5) is 13.1. The summed E-state index contributed by atoms with van der Waals surface area (Å²) in [5.41, 5.74) is 0.216. The highest BCUT2D eigenvalue weighted by atomic mass is 35.5. The predicted molar refractivity (Wildman–Crippen MR) is 107 cm³/mol. The van der Waals surface area contributed by atoms with Crippen molar-refractivity contribution in [2.75, 3.05) is 0 Å². The van der Waals surface area contributed by atoms with Crippen molar-refractivity contribution in [3.63, 3.8) is 0 Å². The molecule has 4 aromatic rings. The van der Waals surface area contributed by atoms with Gasteiger partial charge < -0.3 is 4.52 Å². The minimum absolute atomic E-state index is 0.000394. The maximum Gasteiger partial charge on any atom is 0.226 e. The molecule has 0 aliphatic carbocycles. The first-order valence-electron chi connectivity index (χ1n) is 8.12. The van der Waals surface area contributed by atoms with E-state index in [1.165, 1.54) is 23.5 Å². The summed E-state index contributed by atoms with van der Waals surface area (Å²) in [6.07, 6.45) is 0. The number of hydrogen-bond acceptors (Lipinski definition) is 6. The number of aromatic nitrogens is 1. The van der Waals surface area contributed by atoms with Gasteiger partial charge in [-0.1, -0.05) is 41.0 Å². The van der Waals surface area contributed by atoms with Crippen molar-refractivity contribution in [1.29, 1.82) is 0 Å². The summed E-state index contributed by atoms with van der Waals surface area (Å²) < 4.78 is 32.1. The van der Waals surface area contributed by atoms with Gasteiger partial charge in [0.2, 0.25) is 15.6 Å². The van der Waals surface area contributed by atoms with Crippen LogP contribution in [-0.4, -0.2) is 19.4 Å². The zero-order valence-corrected chi connectivity index (χ0v) is 16.6. The Kier molecular flexibility index (Phi) is 4.89. The van der Waals surface area contributed by atoms with E-state index in [4.69, 9.17) is 16.1 Å². The third-order valence-corrected chi connectivity index (χ3v) is 6.97. The van der Waals surface area contributed by atoms with Gasteiger partial charge in [0.25, 0.3) is 0 Å². The van der Waals surface area contributed by atoms with Crippen LogP contribution < -0.4 is 0 Å². The van der Waals surface area contributed by atoms with Gasteiger partial charge in [-0.25, -0.2) is 8.42 Å². The molecule has 0 fully saturated rings. The number of hydrogen-bond donors (Lipinski definition) is 0. The topological polar surface area (TPSA) is 77.2 Å². The average Bonchev–Trinajstić information content (AvgIpc) is 3.39. The van der Waals surface area contributed by atoms with Gasteiger partial charge in [0, 0.05) is 10.6 Å². The van der Waals surface area contributed by atoms with Gasteiger partial charge in [-0.3, -0.25) is 4.79 Å². The molecule has 0 aliphatic heterocycles. The van der Waals surface area contributed by atoms with Gasteiger partial charge in [0.1, 0.15) is 0 Å². The molecule has 4 rings (SSSR count). The number of ketones is 1. The number of halogens is 1. The Hall–Kier alpha value is -2.74. The summed E-state index contributed by atoms with van der Waals surface area (Å²) >= 11 is 7.14. The Bertz CT molecular complexity index is 1230. The van der Waals surface area contributed by atoms with E-state index < -0.39 is 15.6 Å². The minimum Gasteiger partial charge on any atom is -0.354 e. The van der Waals surface area contributed by atoms with Gasteiger partial charge >= 0.3 is 0 Å². The van der Waals surface area contributed by atoms with Crippen LogP contribution in [0.15, 0.2) is 86.4 Å². The van der Waals surface area contributed by atoms with Crippen molar-refractivity contribution >= 4 is 38.6 Å². The Balaban J connectivity index is 1.97. The Morgan fingerprint density at radius 1 is 0.964 bits per heavy atom. The number of thiophene rings is 1. The van der Waals surface area contributed by atoms with E-state index >= 15 is 0 Å². The van der Waals surface area contributed by atoms with Gasteiger partial charge in [0.05, 0.1) is 9.77 Å². The Morgan fingerprint density at radius 3 is 2.32 bits per heavy atom. The fraction of sp³-hybridized carbons (Fsp3) is 0. The molecule has 0 bridgehead atoms. The predicted octanol–water partition coefficient (Wildman–Crippen LogP) is 5.12. The number of carbonyl (C=O) groups excluding carboxylic acids is 1.